The standard InChI is InChI=1S/C18H19N3O3S/c1-4-23-17(22)14-9-10-24-15(14)11-25-18-20-19-16(21(18)3)13-8-6-5-7-12(13)2/h5-10H,4,11H2,1-3H3. The first-order valence-corrected chi connectivity index (χ1v) is 8.92. The Bertz CT molecular complexity index is 885. The molecule has 0 spiro atoms. The summed E-state index contributed by atoms with van der Waals surface area (Å²) < 4.78 is 12.4. The van der Waals surface area contributed by atoms with Gasteiger partial charge in [-0.25, -0.2) is 4.79 Å². The van der Waals surface area contributed by atoms with Crippen molar-refractivity contribution in [3.05, 3.63) is 53.5 Å². The molecule has 0 aliphatic rings. The Labute approximate surface area is 150 Å². The number of carbonyl (C=O) groups is 1. The molecule has 0 unspecified atom stereocenters. The Kier molecular flexibility index (Phi) is 5.23. The lowest BCUT2D eigenvalue weighted by molar-refractivity contribution is 0.0524. The van der Waals surface area contributed by atoms with Crippen LogP contribution in [0.25, 0.3) is 11.4 Å². The van der Waals surface area contributed by atoms with Crippen LogP contribution in [0.15, 0.2) is 46.2 Å². The highest BCUT2D eigenvalue weighted by Crippen LogP contribution is 2.28. The van der Waals surface area contributed by atoms with Crippen LogP contribution in [0.1, 0.15) is 28.6 Å². The van der Waals surface area contributed by atoms with E-state index in [1.54, 1.807) is 13.0 Å². The zero-order valence-corrected chi connectivity index (χ0v) is 15.2. The molecule has 0 N–H and O–H groups in total. The normalized spacial score (nSPS) is 10.8. The molecule has 3 rings (SSSR count). The largest absolute Gasteiger partial charge is 0.468 e. The Morgan fingerprint density at radius 2 is 2.08 bits per heavy atom. The number of esters is 1. The van der Waals surface area contributed by atoms with Gasteiger partial charge in [0.25, 0.3) is 0 Å². The third kappa shape index (κ3) is 3.61. The topological polar surface area (TPSA) is 70.2 Å². The van der Waals surface area contributed by atoms with Crippen LogP contribution in [0.2, 0.25) is 0 Å². The van der Waals surface area contributed by atoms with Gasteiger partial charge in [-0.05, 0) is 25.5 Å². The van der Waals surface area contributed by atoms with Crippen LogP contribution in [0.4, 0.5) is 0 Å². The molecular weight excluding hydrogens is 338 g/mol. The van der Waals surface area contributed by atoms with Gasteiger partial charge in [-0.15, -0.1) is 10.2 Å². The maximum absolute atomic E-state index is 11.9. The number of carbonyl (C=O) groups excluding carboxylic acids is 1. The molecule has 0 amide bonds. The van der Waals surface area contributed by atoms with Crippen molar-refractivity contribution in [3.63, 3.8) is 0 Å². The molecule has 7 heteroatoms. The Hall–Kier alpha value is -2.54. The Balaban J connectivity index is 1.77. The summed E-state index contributed by atoms with van der Waals surface area (Å²) in [5.74, 6) is 1.49. The van der Waals surface area contributed by atoms with Crippen molar-refractivity contribution in [3.8, 4) is 11.4 Å². The molecule has 25 heavy (non-hydrogen) atoms. The fraction of sp³-hybridized carbons (Fsp3) is 0.278. The van der Waals surface area contributed by atoms with Crippen molar-refractivity contribution < 1.29 is 13.9 Å². The van der Waals surface area contributed by atoms with Gasteiger partial charge in [-0.3, -0.25) is 0 Å². The minimum absolute atomic E-state index is 0.333. The van der Waals surface area contributed by atoms with Crippen LogP contribution in [-0.2, 0) is 17.5 Å². The number of benzene rings is 1. The van der Waals surface area contributed by atoms with E-state index in [1.807, 2.05) is 42.8 Å². The maximum Gasteiger partial charge on any atom is 0.341 e. The quantitative estimate of drug-likeness (QED) is 0.493. The Morgan fingerprint density at radius 1 is 1.28 bits per heavy atom. The molecule has 0 saturated carbocycles. The number of furan rings is 1. The van der Waals surface area contributed by atoms with Gasteiger partial charge < -0.3 is 13.7 Å². The first-order chi connectivity index (χ1) is 12.1. The minimum atomic E-state index is -0.370. The molecular formula is C18H19N3O3S. The van der Waals surface area contributed by atoms with Crippen LogP contribution in [0.3, 0.4) is 0 Å². The fourth-order valence-corrected chi connectivity index (χ4v) is 3.33. The van der Waals surface area contributed by atoms with E-state index in [0.29, 0.717) is 23.7 Å². The average Bonchev–Trinajstić information content (AvgIpc) is 3.21. The zero-order valence-electron chi connectivity index (χ0n) is 14.4. The van der Waals surface area contributed by atoms with Crippen molar-refractivity contribution in [2.45, 2.75) is 24.8 Å². The lowest BCUT2D eigenvalue weighted by atomic mass is 10.1. The summed E-state index contributed by atoms with van der Waals surface area (Å²) in [6, 6.07) is 9.69. The Morgan fingerprint density at radius 3 is 2.84 bits per heavy atom. The summed E-state index contributed by atoms with van der Waals surface area (Å²) in [5, 5.41) is 9.32. The van der Waals surface area contributed by atoms with E-state index in [-0.39, 0.29) is 5.97 Å². The van der Waals surface area contributed by atoms with Crippen LogP contribution in [0, 0.1) is 6.92 Å². The van der Waals surface area contributed by atoms with Crippen molar-refractivity contribution in [2.24, 2.45) is 7.05 Å². The smallest absolute Gasteiger partial charge is 0.341 e. The third-order valence-electron chi connectivity index (χ3n) is 3.79. The summed E-state index contributed by atoms with van der Waals surface area (Å²) >= 11 is 1.46. The van der Waals surface area contributed by atoms with E-state index in [4.69, 9.17) is 9.15 Å². The fourth-order valence-electron chi connectivity index (χ4n) is 2.47. The van der Waals surface area contributed by atoms with E-state index < -0.39 is 0 Å². The number of aryl methyl sites for hydroxylation is 1. The zero-order chi connectivity index (χ0) is 17.8. The molecule has 1 aromatic carbocycles. The van der Waals surface area contributed by atoms with Crippen molar-refractivity contribution in [1.29, 1.82) is 0 Å². The summed E-state index contributed by atoms with van der Waals surface area (Å²) in [6.45, 7) is 4.16. The van der Waals surface area contributed by atoms with Crippen LogP contribution < -0.4 is 0 Å². The summed E-state index contributed by atoms with van der Waals surface area (Å²) in [4.78, 5) is 11.9. The van der Waals surface area contributed by atoms with Gasteiger partial charge in [0.15, 0.2) is 11.0 Å². The highest BCUT2D eigenvalue weighted by molar-refractivity contribution is 7.98. The first kappa shape index (κ1) is 17.3. The molecule has 0 bridgehead atoms. The summed E-state index contributed by atoms with van der Waals surface area (Å²) in [7, 11) is 1.93. The van der Waals surface area contributed by atoms with Crippen molar-refractivity contribution in [1.82, 2.24) is 14.8 Å². The van der Waals surface area contributed by atoms with E-state index in [0.717, 1.165) is 22.1 Å². The second-order valence-corrected chi connectivity index (χ2v) is 6.39. The van der Waals surface area contributed by atoms with Gasteiger partial charge >= 0.3 is 5.97 Å². The van der Waals surface area contributed by atoms with Crippen LogP contribution in [-0.4, -0.2) is 27.3 Å². The second kappa shape index (κ2) is 7.57. The number of aromatic nitrogens is 3. The molecule has 0 radical (unpaired) electrons. The van der Waals surface area contributed by atoms with Crippen molar-refractivity contribution in [2.75, 3.05) is 6.61 Å². The van der Waals surface area contributed by atoms with Crippen LogP contribution >= 0.6 is 11.8 Å². The molecule has 130 valence electrons. The molecule has 0 saturated heterocycles. The predicted octanol–water partition coefficient (Wildman–Crippen LogP) is 3.85. The lowest BCUT2D eigenvalue weighted by Crippen LogP contribution is -2.05. The van der Waals surface area contributed by atoms with E-state index in [2.05, 4.69) is 10.2 Å². The van der Waals surface area contributed by atoms with Gasteiger partial charge in [-0.1, -0.05) is 36.0 Å². The first-order valence-electron chi connectivity index (χ1n) is 7.93. The number of rotatable bonds is 6. The van der Waals surface area contributed by atoms with Crippen molar-refractivity contribution >= 4 is 17.7 Å². The minimum Gasteiger partial charge on any atom is -0.468 e. The van der Waals surface area contributed by atoms with E-state index in [9.17, 15) is 4.79 Å². The number of hydrogen-bond donors (Lipinski definition) is 0. The highest BCUT2D eigenvalue weighted by Gasteiger charge is 2.18. The number of nitrogens with zero attached hydrogens (tertiary/aromatic N) is 3. The number of thioether (sulfide) groups is 1. The number of hydrogen-bond acceptors (Lipinski definition) is 6. The van der Waals surface area contributed by atoms with Gasteiger partial charge in [0, 0.05) is 12.6 Å². The highest BCUT2D eigenvalue weighted by atomic mass is 32.2. The van der Waals surface area contributed by atoms with E-state index in [1.165, 1.54) is 18.0 Å². The van der Waals surface area contributed by atoms with Crippen LogP contribution in [0.5, 0.6) is 0 Å². The summed E-state index contributed by atoms with van der Waals surface area (Å²) in [6.07, 6.45) is 1.50. The molecule has 2 aromatic heterocycles. The van der Waals surface area contributed by atoms with Gasteiger partial charge in [0.05, 0.1) is 18.6 Å². The maximum atomic E-state index is 11.9. The monoisotopic (exact) mass is 357 g/mol. The van der Waals surface area contributed by atoms with E-state index >= 15 is 0 Å². The summed E-state index contributed by atoms with van der Waals surface area (Å²) in [5.41, 5.74) is 2.65. The SMILES string of the molecule is CCOC(=O)c1ccoc1CSc1nnc(-c2ccccc2C)n1C. The molecule has 0 aliphatic heterocycles. The average molecular weight is 357 g/mol. The molecule has 3 aromatic rings. The molecule has 0 aliphatic carbocycles. The molecule has 6 nitrogen and oxygen atoms in total. The third-order valence-corrected chi connectivity index (χ3v) is 4.81. The van der Waals surface area contributed by atoms with Gasteiger partial charge in [0.2, 0.25) is 0 Å². The molecule has 0 fully saturated rings. The molecule has 0 atom stereocenters. The predicted molar refractivity (Wildman–Crippen MR) is 95.4 cm³/mol. The van der Waals surface area contributed by atoms with Gasteiger partial charge in [-0.2, -0.15) is 0 Å². The lowest BCUT2D eigenvalue weighted by Gasteiger charge is -2.06. The molecule has 2 heterocycles. The van der Waals surface area contributed by atoms with Gasteiger partial charge in [0.1, 0.15) is 11.3 Å². The number of ether oxygens (including phenoxy) is 1. The second-order valence-electron chi connectivity index (χ2n) is 5.45.